The molecule has 1 atom stereocenters. The van der Waals surface area contributed by atoms with E-state index in [4.69, 9.17) is 9.47 Å². The monoisotopic (exact) mass is 325 g/mol. The van der Waals surface area contributed by atoms with Crippen LogP contribution >= 0.6 is 0 Å². The molecule has 2 aromatic carbocycles. The van der Waals surface area contributed by atoms with E-state index in [1.54, 1.807) is 0 Å². The van der Waals surface area contributed by atoms with Crippen LogP contribution in [-0.4, -0.2) is 31.8 Å². The maximum atomic E-state index is 11.7. The summed E-state index contributed by atoms with van der Waals surface area (Å²) in [6.45, 7) is 4.71. The highest BCUT2D eigenvalue weighted by molar-refractivity contribution is 5.89. The van der Waals surface area contributed by atoms with E-state index in [0.29, 0.717) is 18.8 Å². The van der Waals surface area contributed by atoms with Gasteiger partial charge in [0.1, 0.15) is 0 Å². The molecule has 0 bridgehead atoms. The van der Waals surface area contributed by atoms with Crippen molar-refractivity contribution in [3.05, 3.63) is 65.7 Å². The number of carbonyl (C=O) groups excluding carboxylic acids is 1. The Morgan fingerprint density at radius 2 is 1.88 bits per heavy atom. The molecule has 0 aromatic heterocycles. The smallest absolute Gasteiger partial charge is 0.338 e. The largest absolute Gasteiger partial charge is 0.462 e. The molecule has 0 spiro atoms. The number of rotatable bonds is 6. The number of anilines is 1. The summed E-state index contributed by atoms with van der Waals surface area (Å²) in [4.78, 5) is 14.0. The highest BCUT2D eigenvalue weighted by Crippen LogP contribution is 2.23. The van der Waals surface area contributed by atoms with Crippen LogP contribution in [0.2, 0.25) is 0 Å². The lowest BCUT2D eigenvalue weighted by Gasteiger charge is -2.19. The quantitative estimate of drug-likeness (QED) is 0.760. The molecule has 0 radical (unpaired) electrons. The molecule has 1 saturated heterocycles. The highest BCUT2D eigenvalue weighted by atomic mass is 16.5. The Balaban J connectivity index is 1.52. The van der Waals surface area contributed by atoms with Gasteiger partial charge in [0, 0.05) is 18.8 Å². The summed E-state index contributed by atoms with van der Waals surface area (Å²) in [5, 5.41) is 0. The third kappa shape index (κ3) is 4.15. The molecule has 1 fully saturated rings. The fraction of sp³-hybridized carbons (Fsp3) is 0.350. The molecule has 24 heavy (non-hydrogen) atoms. The van der Waals surface area contributed by atoms with Crippen molar-refractivity contribution < 1.29 is 14.3 Å². The first-order valence-electron chi connectivity index (χ1n) is 8.44. The molecule has 4 heteroatoms. The van der Waals surface area contributed by atoms with Crippen LogP contribution in [0.5, 0.6) is 0 Å². The van der Waals surface area contributed by atoms with Gasteiger partial charge in [0.2, 0.25) is 0 Å². The van der Waals surface area contributed by atoms with Crippen LogP contribution in [-0.2, 0) is 16.1 Å². The number of esters is 1. The number of benzene rings is 2. The maximum Gasteiger partial charge on any atom is 0.338 e. The van der Waals surface area contributed by atoms with Gasteiger partial charge in [-0.3, -0.25) is 0 Å². The van der Waals surface area contributed by atoms with E-state index in [1.165, 1.54) is 5.56 Å². The first-order valence-corrected chi connectivity index (χ1v) is 8.44. The Morgan fingerprint density at radius 1 is 1.12 bits per heavy atom. The molecule has 0 aliphatic carbocycles. The van der Waals surface area contributed by atoms with E-state index in [0.717, 1.165) is 25.2 Å². The minimum absolute atomic E-state index is 0.245. The number of hydrogen-bond acceptors (Lipinski definition) is 4. The van der Waals surface area contributed by atoms with Crippen molar-refractivity contribution in [2.75, 3.05) is 24.6 Å². The van der Waals surface area contributed by atoms with Gasteiger partial charge in [-0.25, -0.2) is 4.79 Å². The van der Waals surface area contributed by atoms with Crippen LogP contribution in [0.15, 0.2) is 54.6 Å². The zero-order chi connectivity index (χ0) is 16.8. The van der Waals surface area contributed by atoms with Gasteiger partial charge >= 0.3 is 5.97 Å². The van der Waals surface area contributed by atoms with E-state index in [1.807, 2.05) is 49.4 Å². The Bertz CT molecular complexity index is 654. The molecule has 2 aromatic rings. The second-order valence-corrected chi connectivity index (χ2v) is 5.92. The van der Waals surface area contributed by atoms with E-state index in [9.17, 15) is 4.79 Å². The average Bonchev–Trinajstić information content (AvgIpc) is 3.10. The Morgan fingerprint density at radius 3 is 2.58 bits per heavy atom. The van der Waals surface area contributed by atoms with E-state index in [-0.39, 0.29) is 12.1 Å². The molecule has 0 N–H and O–H groups in total. The van der Waals surface area contributed by atoms with Crippen LogP contribution in [0.25, 0.3) is 0 Å². The molecule has 1 unspecified atom stereocenters. The standard InChI is InChI=1S/C20H23NO3/c1-2-23-20(22)17-8-10-18(11-9-17)21-13-12-19(14-21)24-15-16-6-4-3-5-7-16/h3-11,19H,2,12-15H2,1H3. The SMILES string of the molecule is CCOC(=O)c1ccc(N2CCC(OCc3ccccc3)C2)cc1. The van der Waals surface area contributed by atoms with Gasteiger partial charge < -0.3 is 14.4 Å². The molecular formula is C20H23NO3. The van der Waals surface area contributed by atoms with Crippen molar-refractivity contribution in [1.29, 1.82) is 0 Å². The van der Waals surface area contributed by atoms with Crippen molar-refractivity contribution in [2.45, 2.75) is 26.1 Å². The molecule has 1 heterocycles. The summed E-state index contributed by atoms with van der Waals surface area (Å²) in [5.74, 6) is -0.269. The van der Waals surface area contributed by atoms with E-state index in [2.05, 4.69) is 17.0 Å². The second-order valence-electron chi connectivity index (χ2n) is 5.92. The lowest BCUT2D eigenvalue weighted by molar-refractivity contribution is 0.0526. The van der Waals surface area contributed by atoms with Gasteiger partial charge in [0.15, 0.2) is 0 Å². The molecule has 126 valence electrons. The Labute approximate surface area is 143 Å². The zero-order valence-corrected chi connectivity index (χ0v) is 14.0. The third-order valence-corrected chi connectivity index (χ3v) is 4.22. The minimum Gasteiger partial charge on any atom is -0.462 e. The van der Waals surface area contributed by atoms with E-state index >= 15 is 0 Å². The molecular weight excluding hydrogens is 302 g/mol. The molecule has 3 rings (SSSR count). The predicted octanol–water partition coefficient (Wildman–Crippen LogP) is 3.66. The molecule has 1 aliphatic heterocycles. The van der Waals surface area contributed by atoms with Crippen molar-refractivity contribution in [2.24, 2.45) is 0 Å². The molecule has 0 amide bonds. The van der Waals surface area contributed by atoms with Crippen molar-refractivity contribution >= 4 is 11.7 Å². The highest BCUT2D eigenvalue weighted by Gasteiger charge is 2.23. The third-order valence-electron chi connectivity index (χ3n) is 4.22. The van der Waals surface area contributed by atoms with Gasteiger partial charge in [-0.15, -0.1) is 0 Å². The first-order chi connectivity index (χ1) is 11.8. The molecule has 0 saturated carbocycles. The lowest BCUT2D eigenvalue weighted by Crippen LogP contribution is -2.22. The predicted molar refractivity (Wildman–Crippen MR) is 94.2 cm³/mol. The van der Waals surface area contributed by atoms with Crippen LogP contribution in [0, 0.1) is 0 Å². The number of ether oxygens (including phenoxy) is 2. The number of hydrogen-bond donors (Lipinski definition) is 0. The summed E-state index contributed by atoms with van der Waals surface area (Å²) in [5.41, 5.74) is 2.92. The van der Waals surface area contributed by atoms with E-state index < -0.39 is 0 Å². The fourth-order valence-corrected chi connectivity index (χ4v) is 2.91. The van der Waals surface area contributed by atoms with Gasteiger partial charge in [0.05, 0.1) is 24.9 Å². The molecule has 1 aliphatic rings. The van der Waals surface area contributed by atoms with Crippen LogP contribution in [0.3, 0.4) is 0 Å². The maximum absolute atomic E-state index is 11.7. The van der Waals surface area contributed by atoms with Crippen molar-refractivity contribution in [3.8, 4) is 0 Å². The van der Waals surface area contributed by atoms with Gasteiger partial charge in [-0.05, 0) is 43.2 Å². The van der Waals surface area contributed by atoms with Crippen molar-refractivity contribution in [3.63, 3.8) is 0 Å². The van der Waals surface area contributed by atoms with Crippen molar-refractivity contribution in [1.82, 2.24) is 0 Å². The Kier molecular flexibility index (Phi) is 5.49. The lowest BCUT2D eigenvalue weighted by atomic mass is 10.2. The number of nitrogens with zero attached hydrogens (tertiary/aromatic N) is 1. The van der Waals surface area contributed by atoms with Crippen LogP contribution in [0.4, 0.5) is 5.69 Å². The second kappa shape index (κ2) is 7.97. The fourth-order valence-electron chi connectivity index (χ4n) is 2.91. The minimum atomic E-state index is -0.269. The normalized spacial score (nSPS) is 17.0. The summed E-state index contributed by atoms with van der Waals surface area (Å²) >= 11 is 0. The number of carbonyl (C=O) groups is 1. The van der Waals surface area contributed by atoms with Gasteiger partial charge in [-0.1, -0.05) is 30.3 Å². The van der Waals surface area contributed by atoms with Gasteiger partial charge in [0.25, 0.3) is 0 Å². The zero-order valence-electron chi connectivity index (χ0n) is 14.0. The Hall–Kier alpha value is -2.33. The molecule has 4 nitrogen and oxygen atoms in total. The summed E-state index contributed by atoms with van der Waals surface area (Å²) in [6, 6.07) is 17.9. The first kappa shape index (κ1) is 16.5. The summed E-state index contributed by atoms with van der Waals surface area (Å²) in [7, 11) is 0. The van der Waals surface area contributed by atoms with Gasteiger partial charge in [-0.2, -0.15) is 0 Å². The average molecular weight is 325 g/mol. The van der Waals surface area contributed by atoms with Crippen LogP contribution in [0.1, 0.15) is 29.3 Å². The summed E-state index contributed by atoms with van der Waals surface area (Å²) in [6.07, 6.45) is 1.27. The van der Waals surface area contributed by atoms with Crippen LogP contribution < -0.4 is 4.90 Å². The summed E-state index contributed by atoms with van der Waals surface area (Å²) < 4.78 is 11.0. The topological polar surface area (TPSA) is 38.8 Å².